The lowest BCUT2D eigenvalue weighted by atomic mass is 9.95. The fourth-order valence-corrected chi connectivity index (χ4v) is 5.20. The summed E-state index contributed by atoms with van der Waals surface area (Å²) in [6, 6.07) is 1.59. The normalized spacial score (nSPS) is 16.3. The number of carboxylic acid groups (broad SMARTS) is 1. The first-order chi connectivity index (χ1) is 11.5. The minimum Gasteiger partial charge on any atom is -0.477 e. The summed E-state index contributed by atoms with van der Waals surface area (Å²) >= 11 is 0.882. The van der Waals surface area contributed by atoms with Crippen LogP contribution in [0.25, 0.3) is 0 Å². The van der Waals surface area contributed by atoms with Crippen molar-refractivity contribution < 1.29 is 18.3 Å². The molecule has 0 amide bonds. The molecule has 2 N–H and O–H groups in total. The molecule has 0 aromatic carbocycles. The standard InChI is InChI=1S/C14H18N4O4S2/c19-14(20)13-11(6-7-23-13)24(21,22)16-8-12-17-15-9-18(12)10-4-2-1-3-5-10/h6-7,9-10,16H,1-5,8H2,(H,19,20). The van der Waals surface area contributed by atoms with Crippen molar-refractivity contribution in [2.45, 2.75) is 49.6 Å². The summed E-state index contributed by atoms with van der Waals surface area (Å²) < 4.78 is 29.1. The van der Waals surface area contributed by atoms with Gasteiger partial charge in [0, 0.05) is 6.04 Å². The molecule has 3 rings (SSSR count). The van der Waals surface area contributed by atoms with Gasteiger partial charge in [0.25, 0.3) is 0 Å². The first-order valence-electron chi connectivity index (χ1n) is 7.68. The molecule has 1 aliphatic rings. The van der Waals surface area contributed by atoms with E-state index in [1.54, 1.807) is 6.33 Å². The van der Waals surface area contributed by atoms with Gasteiger partial charge in [0.1, 0.15) is 21.9 Å². The van der Waals surface area contributed by atoms with Crippen LogP contribution in [0, 0.1) is 0 Å². The van der Waals surface area contributed by atoms with Crippen LogP contribution in [0.5, 0.6) is 0 Å². The quantitative estimate of drug-likeness (QED) is 0.804. The summed E-state index contributed by atoms with van der Waals surface area (Å²) in [5, 5.41) is 18.4. The van der Waals surface area contributed by atoms with Gasteiger partial charge in [-0.3, -0.25) is 0 Å². The zero-order chi connectivity index (χ0) is 17.2. The predicted octanol–water partition coefficient (Wildman–Crippen LogP) is 2.02. The molecular formula is C14H18N4O4S2. The maximum Gasteiger partial charge on any atom is 0.347 e. The molecule has 0 radical (unpaired) electrons. The summed E-state index contributed by atoms with van der Waals surface area (Å²) in [5.74, 6) is -0.715. The Bertz CT molecular complexity index is 821. The van der Waals surface area contributed by atoms with Crippen molar-refractivity contribution in [1.82, 2.24) is 19.5 Å². The van der Waals surface area contributed by atoms with Gasteiger partial charge >= 0.3 is 5.97 Å². The highest BCUT2D eigenvalue weighted by atomic mass is 32.2. The molecule has 1 fully saturated rings. The maximum absolute atomic E-state index is 12.4. The highest BCUT2D eigenvalue weighted by Crippen LogP contribution is 2.28. The van der Waals surface area contributed by atoms with Crippen molar-refractivity contribution in [3.05, 3.63) is 28.5 Å². The van der Waals surface area contributed by atoms with Gasteiger partial charge in [0.15, 0.2) is 0 Å². The topological polar surface area (TPSA) is 114 Å². The molecule has 0 unspecified atom stereocenters. The molecule has 0 aliphatic heterocycles. The number of thiophene rings is 1. The van der Waals surface area contributed by atoms with E-state index in [0.717, 1.165) is 37.0 Å². The van der Waals surface area contributed by atoms with Crippen LogP contribution < -0.4 is 4.72 Å². The summed E-state index contributed by atoms with van der Waals surface area (Å²) in [6.07, 6.45) is 7.20. The molecule has 2 aromatic heterocycles. The van der Waals surface area contributed by atoms with Crippen LogP contribution in [0.15, 0.2) is 22.7 Å². The van der Waals surface area contributed by atoms with Gasteiger partial charge in [0.05, 0.1) is 6.54 Å². The summed E-state index contributed by atoms with van der Waals surface area (Å²) in [6.45, 7) is -0.0201. The Balaban J connectivity index is 1.75. The number of aromatic nitrogens is 3. The molecule has 1 saturated carbocycles. The smallest absolute Gasteiger partial charge is 0.347 e. The SMILES string of the molecule is O=C(O)c1sccc1S(=O)(=O)NCc1nncn1C1CCCCC1. The van der Waals surface area contributed by atoms with Crippen LogP contribution in [0.2, 0.25) is 0 Å². The number of carboxylic acids is 1. The third-order valence-electron chi connectivity index (χ3n) is 4.15. The fraction of sp³-hybridized carbons (Fsp3) is 0.500. The number of nitrogens with zero attached hydrogens (tertiary/aromatic N) is 3. The molecule has 24 heavy (non-hydrogen) atoms. The molecule has 0 bridgehead atoms. The Morgan fingerprint density at radius 3 is 2.83 bits per heavy atom. The number of carbonyl (C=O) groups is 1. The van der Waals surface area contributed by atoms with Crippen LogP contribution in [0.3, 0.4) is 0 Å². The third kappa shape index (κ3) is 3.50. The maximum atomic E-state index is 12.4. The van der Waals surface area contributed by atoms with Crippen LogP contribution in [0.4, 0.5) is 0 Å². The van der Waals surface area contributed by atoms with Crippen LogP contribution in [-0.2, 0) is 16.6 Å². The Morgan fingerprint density at radius 1 is 1.38 bits per heavy atom. The lowest BCUT2D eigenvalue weighted by Gasteiger charge is -2.24. The Hall–Kier alpha value is -1.78. The number of rotatable bonds is 6. The lowest BCUT2D eigenvalue weighted by molar-refractivity contribution is 0.0698. The molecule has 0 atom stereocenters. The van der Waals surface area contributed by atoms with E-state index in [4.69, 9.17) is 5.11 Å². The van der Waals surface area contributed by atoms with E-state index in [1.165, 1.54) is 17.9 Å². The number of sulfonamides is 1. The Labute approximate surface area is 143 Å². The number of hydrogen-bond acceptors (Lipinski definition) is 6. The molecular weight excluding hydrogens is 352 g/mol. The highest BCUT2D eigenvalue weighted by molar-refractivity contribution is 7.89. The second-order valence-corrected chi connectivity index (χ2v) is 8.34. The average molecular weight is 370 g/mol. The minimum absolute atomic E-state index is 0.0201. The second-order valence-electron chi connectivity index (χ2n) is 5.69. The van der Waals surface area contributed by atoms with E-state index in [0.29, 0.717) is 11.9 Å². The Morgan fingerprint density at radius 2 is 2.12 bits per heavy atom. The number of aromatic carboxylic acids is 1. The summed E-state index contributed by atoms with van der Waals surface area (Å²) in [4.78, 5) is 10.7. The summed E-state index contributed by atoms with van der Waals surface area (Å²) in [7, 11) is -3.92. The molecule has 8 nitrogen and oxygen atoms in total. The van der Waals surface area contributed by atoms with Gasteiger partial charge in [-0.25, -0.2) is 17.9 Å². The van der Waals surface area contributed by atoms with Crippen LogP contribution in [0.1, 0.15) is 53.6 Å². The summed E-state index contributed by atoms with van der Waals surface area (Å²) in [5.41, 5.74) is 0. The van der Waals surface area contributed by atoms with Gasteiger partial charge in [-0.15, -0.1) is 21.5 Å². The van der Waals surface area contributed by atoms with Crippen LogP contribution in [-0.4, -0.2) is 34.3 Å². The highest BCUT2D eigenvalue weighted by Gasteiger charge is 2.25. The van der Waals surface area contributed by atoms with E-state index in [2.05, 4.69) is 14.9 Å². The van der Waals surface area contributed by atoms with E-state index in [9.17, 15) is 13.2 Å². The minimum atomic E-state index is -3.92. The predicted molar refractivity (Wildman–Crippen MR) is 87.4 cm³/mol. The Kier molecular flexibility index (Phi) is 4.97. The van der Waals surface area contributed by atoms with Crippen molar-refractivity contribution >= 4 is 27.3 Å². The monoisotopic (exact) mass is 370 g/mol. The number of hydrogen-bond donors (Lipinski definition) is 2. The van der Waals surface area contributed by atoms with Gasteiger partial charge in [-0.1, -0.05) is 19.3 Å². The van der Waals surface area contributed by atoms with E-state index >= 15 is 0 Å². The van der Waals surface area contributed by atoms with E-state index in [-0.39, 0.29) is 16.3 Å². The van der Waals surface area contributed by atoms with Gasteiger partial charge in [0.2, 0.25) is 10.0 Å². The first-order valence-corrected chi connectivity index (χ1v) is 10.0. The van der Waals surface area contributed by atoms with Crippen molar-refractivity contribution in [3.63, 3.8) is 0 Å². The first kappa shape index (κ1) is 17.1. The average Bonchev–Trinajstić information content (AvgIpc) is 3.23. The third-order valence-corrected chi connectivity index (χ3v) is 6.62. The molecule has 2 aromatic rings. The van der Waals surface area contributed by atoms with Crippen molar-refractivity contribution in [3.8, 4) is 0 Å². The molecule has 10 heteroatoms. The van der Waals surface area contributed by atoms with Crippen LogP contribution >= 0.6 is 11.3 Å². The van der Waals surface area contributed by atoms with Gasteiger partial charge in [-0.05, 0) is 24.3 Å². The molecule has 2 heterocycles. The van der Waals surface area contributed by atoms with E-state index in [1.807, 2.05) is 4.57 Å². The molecule has 1 aliphatic carbocycles. The molecule has 0 saturated heterocycles. The lowest BCUT2D eigenvalue weighted by Crippen LogP contribution is -2.27. The molecule has 0 spiro atoms. The largest absolute Gasteiger partial charge is 0.477 e. The molecule has 130 valence electrons. The second kappa shape index (κ2) is 6.99. The van der Waals surface area contributed by atoms with Crippen molar-refractivity contribution in [1.29, 1.82) is 0 Å². The van der Waals surface area contributed by atoms with Crippen molar-refractivity contribution in [2.24, 2.45) is 0 Å². The zero-order valence-electron chi connectivity index (χ0n) is 12.9. The zero-order valence-corrected chi connectivity index (χ0v) is 14.5. The fourth-order valence-electron chi connectivity index (χ4n) is 2.96. The van der Waals surface area contributed by atoms with Gasteiger partial charge < -0.3 is 9.67 Å². The van der Waals surface area contributed by atoms with E-state index < -0.39 is 16.0 Å². The van der Waals surface area contributed by atoms with Gasteiger partial charge in [-0.2, -0.15) is 0 Å². The van der Waals surface area contributed by atoms with Crippen molar-refractivity contribution in [2.75, 3.05) is 0 Å². The number of nitrogens with one attached hydrogen (secondary N) is 1.